The number of carbonyl (C=O) groups excluding carboxylic acids is 1. The van der Waals surface area contributed by atoms with Crippen molar-refractivity contribution in [3.8, 4) is 0 Å². The maximum absolute atomic E-state index is 13.0. The lowest BCUT2D eigenvalue weighted by Gasteiger charge is -2.15. The summed E-state index contributed by atoms with van der Waals surface area (Å²) in [5, 5.41) is 10.2. The van der Waals surface area contributed by atoms with Crippen LogP contribution in [0, 0.1) is 5.41 Å². The second-order valence-corrected chi connectivity index (χ2v) is 6.08. The van der Waals surface area contributed by atoms with E-state index in [0.717, 1.165) is 35.0 Å². The molecule has 0 fully saturated rings. The van der Waals surface area contributed by atoms with Gasteiger partial charge in [0.1, 0.15) is 17.9 Å². The first-order valence-corrected chi connectivity index (χ1v) is 8.49. The Labute approximate surface area is 152 Å². The molecule has 0 aliphatic carbocycles. The topological polar surface area (TPSA) is 107 Å². The van der Waals surface area contributed by atoms with Crippen LogP contribution in [0.5, 0.6) is 0 Å². The van der Waals surface area contributed by atoms with E-state index in [1.54, 1.807) is 23.1 Å². The van der Waals surface area contributed by atoms with E-state index in [2.05, 4.69) is 28.3 Å². The number of amidine groups is 1. The Morgan fingerprint density at radius 2 is 2.27 bits per heavy atom. The molecule has 2 heterocycles. The van der Waals surface area contributed by atoms with Crippen LogP contribution in [0.3, 0.4) is 0 Å². The van der Waals surface area contributed by atoms with Gasteiger partial charge in [-0.2, -0.15) is 0 Å². The molecule has 2 aromatic rings. The predicted molar refractivity (Wildman–Crippen MR) is 103 cm³/mol. The van der Waals surface area contributed by atoms with Gasteiger partial charge in [0.2, 0.25) is 0 Å². The summed E-state index contributed by atoms with van der Waals surface area (Å²) >= 11 is 0. The summed E-state index contributed by atoms with van der Waals surface area (Å²) in [6.07, 6.45) is 1.75. The van der Waals surface area contributed by atoms with Crippen molar-refractivity contribution in [2.24, 2.45) is 10.7 Å². The molecule has 7 nitrogen and oxygen atoms in total. The summed E-state index contributed by atoms with van der Waals surface area (Å²) in [7, 11) is 1.90. The smallest absolute Gasteiger partial charge is 0.260 e. The summed E-state index contributed by atoms with van der Waals surface area (Å²) < 4.78 is 0. The summed E-state index contributed by atoms with van der Waals surface area (Å²) in [4.78, 5) is 22.9. The highest BCUT2D eigenvalue weighted by atomic mass is 16.2. The van der Waals surface area contributed by atoms with E-state index in [9.17, 15) is 4.79 Å². The third-order valence-corrected chi connectivity index (χ3v) is 4.45. The standard InChI is InChI=1S/C19H22N6O/c1-3-12-7-13(9-22-2)15-10-25(19(26)14(15)8-12)17-6-4-5-16(24-17)18(21)23-11-20/h4-8,11,22H,3,9-10H2,1-2H3,(H3,20,21,23). The minimum absolute atomic E-state index is 0.0557. The van der Waals surface area contributed by atoms with Crippen molar-refractivity contribution >= 4 is 23.9 Å². The van der Waals surface area contributed by atoms with E-state index in [1.807, 2.05) is 13.1 Å². The molecule has 0 atom stereocenters. The second-order valence-electron chi connectivity index (χ2n) is 6.08. The van der Waals surface area contributed by atoms with Gasteiger partial charge in [0.05, 0.1) is 6.54 Å². The quantitative estimate of drug-likeness (QED) is 0.546. The van der Waals surface area contributed by atoms with E-state index in [-0.39, 0.29) is 11.7 Å². The molecule has 1 aromatic heterocycles. The Morgan fingerprint density at radius 3 is 2.96 bits per heavy atom. The Hall–Kier alpha value is -3.06. The molecule has 4 N–H and O–H groups in total. The average Bonchev–Trinajstić information content (AvgIpc) is 2.99. The zero-order valence-corrected chi connectivity index (χ0v) is 14.9. The molecule has 26 heavy (non-hydrogen) atoms. The van der Waals surface area contributed by atoms with Crippen LogP contribution in [-0.2, 0) is 19.5 Å². The SMILES string of the molecule is CCc1cc(CNC)c2c(c1)C(=O)N(c1cccc(C(N)=NC=N)n1)C2. The molecule has 1 aliphatic rings. The van der Waals surface area contributed by atoms with Gasteiger partial charge in [0.25, 0.3) is 5.91 Å². The first kappa shape index (κ1) is 17.8. The normalized spacial score (nSPS) is 13.8. The molecule has 0 unspecified atom stereocenters. The van der Waals surface area contributed by atoms with Crippen LogP contribution in [0.15, 0.2) is 35.3 Å². The molecule has 7 heteroatoms. The lowest BCUT2D eigenvalue weighted by molar-refractivity contribution is 0.0996. The molecule has 134 valence electrons. The fraction of sp³-hybridized carbons (Fsp3) is 0.263. The number of aryl methyl sites for hydroxylation is 1. The van der Waals surface area contributed by atoms with Gasteiger partial charge in [0.15, 0.2) is 5.84 Å². The number of aliphatic imine (C=N–C) groups is 1. The Kier molecular flexibility index (Phi) is 5.09. The van der Waals surface area contributed by atoms with E-state index in [4.69, 9.17) is 11.1 Å². The molecule has 1 amide bonds. The summed E-state index contributed by atoms with van der Waals surface area (Å²) in [5.74, 6) is 0.621. The number of anilines is 1. The number of nitrogens with one attached hydrogen (secondary N) is 2. The molecule has 3 rings (SSSR count). The minimum Gasteiger partial charge on any atom is -0.382 e. The van der Waals surface area contributed by atoms with Crippen LogP contribution in [0.4, 0.5) is 5.82 Å². The number of fused-ring (bicyclic) bond motifs is 1. The van der Waals surface area contributed by atoms with E-state index in [1.165, 1.54) is 0 Å². The monoisotopic (exact) mass is 350 g/mol. The summed E-state index contributed by atoms with van der Waals surface area (Å²) in [6, 6.07) is 9.41. The Balaban J connectivity index is 2.00. The van der Waals surface area contributed by atoms with Crippen LogP contribution < -0.4 is 16.0 Å². The second kappa shape index (κ2) is 7.45. The predicted octanol–water partition coefficient (Wildman–Crippen LogP) is 1.84. The van der Waals surface area contributed by atoms with Gasteiger partial charge in [-0.3, -0.25) is 15.1 Å². The Morgan fingerprint density at radius 1 is 1.46 bits per heavy atom. The van der Waals surface area contributed by atoms with Crippen molar-refractivity contribution < 1.29 is 4.79 Å². The summed E-state index contributed by atoms with van der Waals surface area (Å²) in [5.41, 5.74) is 10.3. The fourth-order valence-corrected chi connectivity index (χ4v) is 3.14. The number of nitrogens with two attached hydrogens (primary N) is 1. The molecular formula is C19H22N6O. The van der Waals surface area contributed by atoms with Gasteiger partial charge in [-0.05, 0) is 48.4 Å². The van der Waals surface area contributed by atoms with Crippen molar-refractivity contribution in [2.45, 2.75) is 26.4 Å². The molecule has 0 bridgehead atoms. The van der Waals surface area contributed by atoms with Gasteiger partial charge in [0, 0.05) is 12.1 Å². The van der Waals surface area contributed by atoms with Gasteiger partial charge in [-0.1, -0.05) is 19.1 Å². The molecular weight excluding hydrogens is 328 g/mol. The number of aromatic nitrogens is 1. The highest BCUT2D eigenvalue weighted by Crippen LogP contribution is 2.31. The molecule has 0 saturated heterocycles. The van der Waals surface area contributed by atoms with Crippen LogP contribution in [0.2, 0.25) is 0 Å². The van der Waals surface area contributed by atoms with E-state index >= 15 is 0 Å². The number of carbonyl (C=O) groups is 1. The van der Waals surface area contributed by atoms with Crippen molar-refractivity contribution in [1.82, 2.24) is 10.3 Å². The molecule has 0 radical (unpaired) electrons. The van der Waals surface area contributed by atoms with Crippen molar-refractivity contribution in [1.29, 1.82) is 5.41 Å². The molecule has 0 saturated carbocycles. The van der Waals surface area contributed by atoms with Crippen LogP contribution in [0.25, 0.3) is 0 Å². The first-order chi connectivity index (χ1) is 12.6. The summed E-state index contributed by atoms with van der Waals surface area (Å²) in [6.45, 7) is 3.27. The van der Waals surface area contributed by atoms with Crippen LogP contribution >= 0.6 is 0 Å². The van der Waals surface area contributed by atoms with E-state index in [0.29, 0.717) is 24.6 Å². The van der Waals surface area contributed by atoms with Gasteiger partial charge in [-0.25, -0.2) is 9.98 Å². The zero-order chi connectivity index (χ0) is 18.7. The van der Waals surface area contributed by atoms with Gasteiger partial charge in [-0.15, -0.1) is 0 Å². The first-order valence-electron chi connectivity index (χ1n) is 8.49. The largest absolute Gasteiger partial charge is 0.382 e. The van der Waals surface area contributed by atoms with Gasteiger partial charge < -0.3 is 11.1 Å². The number of amides is 1. The number of rotatable bonds is 6. The number of hydrogen-bond donors (Lipinski definition) is 3. The van der Waals surface area contributed by atoms with E-state index < -0.39 is 0 Å². The van der Waals surface area contributed by atoms with Crippen molar-refractivity contribution in [3.63, 3.8) is 0 Å². The molecule has 1 aliphatic heterocycles. The van der Waals surface area contributed by atoms with Crippen LogP contribution in [0.1, 0.15) is 39.7 Å². The lowest BCUT2D eigenvalue weighted by Crippen LogP contribution is -2.25. The van der Waals surface area contributed by atoms with Crippen LogP contribution in [-0.4, -0.2) is 30.1 Å². The van der Waals surface area contributed by atoms with Gasteiger partial charge >= 0.3 is 0 Å². The Bertz CT molecular complexity index is 890. The zero-order valence-electron chi connectivity index (χ0n) is 14.9. The maximum Gasteiger partial charge on any atom is 0.260 e. The lowest BCUT2D eigenvalue weighted by atomic mass is 9.98. The number of nitrogens with zero attached hydrogens (tertiary/aromatic N) is 3. The highest BCUT2D eigenvalue weighted by molar-refractivity contribution is 6.10. The number of hydrogen-bond acceptors (Lipinski definition) is 4. The molecule has 0 spiro atoms. The average molecular weight is 350 g/mol. The fourth-order valence-electron chi connectivity index (χ4n) is 3.14. The third kappa shape index (κ3) is 3.21. The molecule has 1 aromatic carbocycles. The minimum atomic E-state index is -0.0557. The maximum atomic E-state index is 13.0. The highest BCUT2D eigenvalue weighted by Gasteiger charge is 2.31. The third-order valence-electron chi connectivity index (χ3n) is 4.45. The van der Waals surface area contributed by atoms with Crippen molar-refractivity contribution in [2.75, 3.05) is 11.9 Å². The number of pyridine rings is 1. The van der Waals surface area contributed by atoms with Crippen molar-refractivity contribution in [3.05, 3.63) is 58.3 Å². The number of benzene rings is 1.